The highest BCUT2D eigenvalue weighted by atomic mass is 28.2. The Morgan fingerprint density at radius 1 is 1.21 bits per heavy atom. The van der Waals surface area contributed by atoms with E-state index in [1.165, 1.54) is 24.6 Å². The maximum Gasteiger partial charge on any atom is 0.161 e. The molecule has 0 heterocycles. The monoisotopic (exact) mass is 234 g/mol. The molecule has 0 rings (SSSR count). The van der Waals surface area contributed by atoms with Crippen LogP contribution in [0.2, 0.25) is 18.1 Å². The smallest absolute Gasteiger partial charge is 0.161 e. The fourth-order valence-electron chi connectivity index (χ4n) is 1.42. The number of aliphatic hydroxyl groups excluding tert-OH is 1. The minimum Gasteiger partial charge on any atom is -0.424 e. The Morgan fingerprint density at radius 3 is 2.64 bits per heavy atom. The first kappa shape index (κ1) is 14.4. The summed E-state index contributed by atoms with van der Waals surface area (Å²) in [6.45, 7) is 5.22. The molecule has 0 aliphatic heterocycles. The maximum absolute atomic E-state index is 9.60. The summed E-state index contributed by atoms with van der Waals surface area (Å²) in [6, 6.07) is 4.01. The van der Waals surface area contributed by atoms with Crippen molar-refractivity contribution in [1.82, 2.24) is 0 Å². The number of hydrogen-bond donors (Lipinski definition) is 1. The minimum absolute atomic E-state index is 0.105. The third-order valence-electron chi connectivity index (χ3n) is 2.33. The van der Waals surface area contributed by atoms with Crippen molar-refractivity contribution in [2.75, 3.05) is 6.61 Å². The van der Waals surface area contributed by atoms with Crippen LogP contribution >= 0.6 is 0 Å². The van der Waals surface area contributed by atoms with Crippen LogP contribution in [0.4, 0.5) is 0 Å². The molecule has 0 radical (unpaired) electrons. The molecule has 0 aliphatic rings. The van der Waals surface area contributed by atoms with Gasteiger partial charge >= 0.3 is 0 Å². The van der Waals surface area contributed by atoms with Crippen molar-refractivity contribution >= 4 is 19.3 Å². The molecular weight excluding hydrogens is 208 g/mol. The first-order valence-electron chi connectivity index (χ1n) is 6.07. The van der Waals surface area contributed by atoms with Crippen LogP contribution in [0.5, 0.6) is 0 Å². The van der Waals surface area contributed by atoms with Gasteiger partial charge in [0, 0.05) is 16.1 Å². The van der Waals surface area contributed by atoms with Crippen LogP contribution in [0.1, 0.15) is 33.1 Å². The molecule has 0 saturated carbocycles. The van der Waals surface area contributed by atoms with Gasteiger partial charge in [-0.25, -0.2) is 0 Å². The first-order chi connectivity index (χ1) is 6.81. The van der Waals surface area contributed by atoms with Crippen LogP contribution in [0.3, 0.4) is 0 Å². The molecule has 86 valence electrons. The fourth-order valence-corrected chi connectivity index (χ4v) is 3.22. The fraction of sp³-hybridized carbons (Fsp3) is 1.00. The van der Waals surface area contributed by atoms with Gasteiger partial charge in [0.25, 0.3) is 0 Å². The molecule has 1 unspecified atom stereocenters. The Kier molecular flexibility index (Phi) is 11.7. The summed E-state index contributed by atoms with van der Waals surface area (Å²) in [6.07, 6.45) is 2.96. The maximum atomic E-state index is 9.60. The summed E-state index contributed by atoms with van der Waals surface area (Å²) in [4.78, 5) is 0. The molecule has 1 atom stereocenters. The molecule has 0 fully saturated rings. The predicted octanol–water partition coefficient (Wildman–Crippen LogP) is 1.08. The third-order valence-corrected chi connectivity index (χ3v) is 5.03. The summed E-state index contributed by atoms with van der Waals surface area (Å²) in [5.41, 5.74) is 0. The summed E-state index contributed by atoms with van der Waals surface area (Å²) in [5.74, 6) is 0. The van der Waals surface area contributed by atoms with Crippen LogP contribution in [-0.4, -0.2) is 37.1 Å². The van der Waals surface area contributed by atoms with E-state index in [9.17, 15) is 5.11 Å². The van der Waals surface area contributed by atoms with E-state index in [-0.39, 0.29) is 25.4 Å². The Labute approximate surface area is 93.2 Å². The topological polar surface area (TPSA) is 29.5 Å². The lowest BCUT2D eigenvalue weighted by atomic mass is 10.1. The SMILES string of the molecule is CC[SiH2]CCCC(O)CCO[SiH2]CC. The van der Waals surface area contributed by atoms with Gasteiger partial charge in [0.2, 0.25) is 0 Å². The van der Waals surface area contributed by atoms with Crippen LogP contribution in [0.15, 0.2) is 0 Å². The second-order valence-corrected chi connectivity index (χ2v) is 8.13. The Bertz CT molecular complexity index is 100. The van der Waals surface area contributed by atoms with Crippen LogP contribution in [-0.2, 0) is 4.43 Å². The van der Waals surface area contributed by atoms with Crippen molar-refractivity contribution in [1.29, 1.82) is 0 Å². The summed E-state index contributed by atoms with van der Waals surface area (Å²) in [5, 5.41) is 9.60. The highest BCUT2D eigenvalue weighted by Gasteiger charge is 2.03. The number of rotatable bonds is 10. The number of hydrogen-bond acceptors (Lipinski definition) is 2. The Hall–Kier alpha value is 0.354. The molecule has 0 saturated heterocycles. The van der Waals surface area contributed by atoms with Crippen molar-refractivity contribution in [3.05, 3.63) is 0 Å². The highest BCUT2D eigenvalue weighted by molar-refractivity contribution is 6.35. The first-order valence-corrected chi connectivity index (χ1v) is 9.64. The number of aliphatic hydroxyl groups is 1. The predicted molar refractivity (Wildman–Crippen MR) is 68.7 cm³/mol. The van der Waals surface area contributed by atoms with Gasteiger partial charge in [-0.2, -0.15) is 0 Å². The van der Waals surface area contributed by atoms with Gasteiger partial charge < -0.3 is 9.53 Å². The zero-order valence-electron chi connectivity index (χ0n) is 9.80. The van der Waals surface area contributed by atoms with E-state index in [4.69, 9.17) is 4.43 Å². The van der Waals surface area contributed by atoms with Gasteiger partial charge in [-0.1, -0.05) is 32.4 Å². The summed E-state index contributed by atoms with van der Waals surface area (Å²) >= 11 is 0. The minimum atomic E-state index is -0.253. The average Bonchev–Trinajstić information content (AvgIpc) is 2.19. The molecule has 0 bridgehead atoms. The highest BCUT2D eigenvalue weighted by Crippen LogP contribution is 2.05. The molecule has 0 amide bonds. The van der Waals surface area contributed by atoms with Crippen molar-refractivity contribution < 1.29 is 9.53 Å². The molecule has 0 aliphatic carbocycles. The molecule has 1 N–H and O–H groups in total. The van der Waals surface area contributed by atoms with Crippen molar-refractivity contribution in [2.24, 2.45) is 0 Å². The second-order valence-electron chi connectivity index (χ2n) is 3.90. The van der Waals surface area contributed by atoms with E-state index in [1.54, 1.807) is 0 Å². The third kappa shape index (κ3) is 10.4. The normalized spacial score (nSPS) is 14.8. The Balaban J connectivity index is 3.07. The molecule has 2 nitrogen and oxygen atoms in total. The molecular formula is C10H26O2Si2. The Morgan fingerprint density at radius 2 is 2.00 bits per heavy atom. The zero-order valence-corrected chi connectivity index (χ0v) is 12.6. The van der Waals surface area contributed by atoms with E-state index in [0.29, 0.717) is 0 Å². The largest absolute Gasteiger partial charge is 0.424 e. The van der Waals surface area contributed by atoms with E-state index in [0.717, 1.165) is 19.4 Å². The van der Waals surface area contributed by atoms with Gasteiger partial charge in [0.1, 0.15) is 0 Å². The molecule has 0 spiro atoms. The van der Waals surface area contributed by atoms with E-state index in [2.05, 4.69) is 13.8 Å². The summed E-state index contributed by atoms with van der Waals surface area (Å²) in [7, 11) is -0.0368. The van der Waals surface area contributed by atoms with E-state index < -0.39 is 0 Å². The lowest BCUT2D eigenvalue weighted by Crippen LogP contribution is -2.11. The van der Waals surface area contributed by atoms with Crippen LogP contribution in [0.25, 0.3) is 0 Å². The molecule has 14 heavy (non-hydrogen) atoms. The average molecular weight is 234 g/mol. The van der Waals surface area contributed by atoms with Gasteiger partial charge in [0.15, 0.2) is 9.76 Å². The lowest BCUT2D eigenvalue weighted by molar-refractivity contribution is 0.131. The standard InChI is InChI=1S/C10H26O2Si2/c1-3-13-9-5-6-10(11)7-8-12-14-4-2/h10-11H,3-9,13-14H2,1-2H3. The van der Waals surface area contributed by atoms with Crippen molar-refractivity contribution in [3.8, 4) is 0 Å². The molecule has 0 aromatic rings. The van der Waals surface area contributed by atoms with Gasteiger partial charge in [-0.3, -0.25) is 0 Å². The second kappa shape index (κ2) is 11.4. The van der Waals surface area contributed by atoms with Gasteiger partial charge in [-0.05, 0) is 18.9 Å². The van der Waals surface area contributed by atoms with Crippen LogP contribution in [0, 0.1) is 0 Å². The van der Waals surface area contributed by atoms with Gasteiger partial charge in [0.05, 0.1) is 6.10 Å². The molecule has 4 heteroatoms. The van der Waals surface area contributed by atoms with Crippen molar-refractivity contribution in [2.45, 2.75) is 57.3 Å². The zero-order chi connectivity index (χ0) is 10.6. The summed E-state index contributed by atoms with van der Waals surface area (Å²) < 4.78 is 5.47. The van der Waals surface area contributed by atoms with E-state index in [1.807, 2.05) is 0 Å². The van der Waals surface area contributed by atoms with E-state index >= 15 is 0 Å². The van der Waals surface area contributed by atoms with Gasteiger partial charge in [-0.15, -0.1) is 0 Å². The quantitative estimate of drug-likeness (QED) is 0.453. The lowest BCUT2D eigenvalue weighted by Gasteiger charge is -2.10. The van der Waals surface area contributed by atoms with Crippen molar-refractivity contribution in [3.63, 3.8) is 0 Å². The molecule has 0 aromatic carbocycles. The van der Waals surface area contributed by atoms with Crippen LogP contribution < -0.4 is 0 Å². The molecule has 0 aromatic heterocycles.